The van der Waals surface area contributed by atoms with Crippen molar-refractivity contribution in [1.29, 1.82) is 0 Å². The zero-order chi connectivity index (χ0) is 12.0. The monoisotopic (exact) mass is 227 g/mol. The van der Waals surface area contributed by atoms with E-state index in [4.69, 9.17) is 0 Å². The molecule has 0 aromatic rings. The Morgan fingerprint density at radius 1 is 1.12 bits per heavy atom. The van der Waals surface area contributed by atoms with Crippen molar-refractivity contribution in [1.82, 2.24) is 5.32 Å². The summed E-state index contributed by atoms with van der Waals surface area (Å²) < 4.78 is 0. The van der Waals surface area contributed by atoms with E-state index in [1.165, 1.54) is 19.3 Å². The van der Waals surface area contributed by atoms with E-state index in [2.05, 4.69) is 26.1 Å². The third-order valence-corrected chi connectivity index (χ3v) is 4.04. The molecule has 1 rings (SSSR count). The average molecular weight is 227 g/mol. The second-order valence-corrected chi connectivity index (χ2v) is 5.53. The molecule has 1 aliphatic carbocycles. The van der Waals surface area contributed by atoms with Gasteiger partial charge in [-0.25, -0.2) is 0 Å². The van der Waals surface area contributed by atoms with E-state index in [9.17, 15) is 5.11 Å². The minimum Gasteiger partial charge on any atom is -0.393 e. The molecule has 0 spiro atoms. The molecule has 2 N–H and O–H groups in total. The first kappa shape index (κ1) is 14.0. The van der Waals surface area contributed by atoms with Crippen LogP contribution in [0.1, 0.15) is 65.7 Å². The number of nitrogens with one attached hydrogen (secondary N) is 1. The van der Waals surface area contributed by atoms with Gasteiger partial charge in [0.05, 0.1) is 6.10 Å². The highest BCUT2D eigenvalue weighted by Gasteiger charge is 2.21. The third-order valence-electron chi connectivity index (χ3n) is 4.04. The van der Waals surface area contributed by atoms with E-state index in [1.807, 2.05) is 0 Å². The normalized spacial score (nSPS) is 30.0. The topological polar surface area (TPSA) is 32.3 Å². The smallest absolute Gasteiger partial charge is 0.0541 e. The van der Waals surface area contributed by atoms with Crippen molar-refractivity contribution in [3.8, 4) is 0 Å². The Bertz CT molecular complexity index is 176. The summed E-state index contributed by atoms with van der Waals surface area (Å²) in [5.74, 6) is 0.826. The lowest BCUT2D eigenvalue weighted by atomic mass is 9.91. The van der Waals surface area contributed by atoms with Crippen LogP contribution in [0.3, 0.4) is 0 Å². The molecule has 2 atom stereocenters. The fourth-order valence-corrected chi connectivity index (χ4v) is 2.58. The lowest BCUT2D eigenvalue weighted by molar-refractivity contribution is 0.113. The molecule has 1 saturated carbocycles. The van der Waals surface area contributed by atoms with Crippen molar-refractivity contribution < 1.29 is 5.11 Å². The lowest BCUT2D eigenvalue weighted by Crippen LogP contribution is -2.41. The van der Waals surface area contributed by atoms with Gasteiger partial charge in [0.25, 0.3) is 0 Å². The predicted molar refractivity (Wildman–Crippen MR) is 69.5 cm³/mol. The van der Waals surface area contributed by atoms with Gasteiger partial charge in [-0.2, -0.15) is 0 Å². The summed E-state index contributed by atoms with van der Waals surface area (Å²) in [6, 6.07) is 1.33. The van der Waals surface area contributed by atoms with Crippen molar-refractivity contribution in [3.63, 3.8) is 0 Å². The summed E-state index contributed by atoms with van der Waals surface area (Å²) in [5, 5.41) is 13.3. The van der Waals surface area contributed by atoms with Crippen LogP contribution in [0.15, 0.2) is 0 Å². The van der Waals surface area contributed by atoms with Crippen LogP contribution in [0.4, 0.5) is 0 Å². The first-order chi connectivity index (χ1) is 7.65. The van der Waals surface area contributed by atoms with Gasteiger partial charge in [-0.15, -0.1) is 0 Å². The quantitative estimate of drug-likeness (QED) is 0.731. The average Bonchev–Trinajstić information content (AvgIpc) is 2.30. The van der Waals surface area contributed by atoms with Gasteiger partial charge >= 0.3 is 0 Å². The van der Waals surface area contributed by atoms with Crippen LogP contribution in [0.5, 0.6) is 0 Å². The Hall–Kier alpha value is -0.0800. The van der Waals surface area contributed by atoms with Crippen LogP contribution < -0.4 is 5.32 Å². The number of aliphatic hydroxyl groups excluding tert-OH is 1. The molecule has 0 aliphatic heterocycles. The molecule has 0 aromatic heterocycles. The summed E-state index contributed by atoms with van der Waals surface area (Å²) in [6.07, 6.45) is 8.04. The highest BCUT2D eigenvalue weighted by Crippen LogP contribution is 2.20. The van der Waals surface area contributed by atoms with Crippen LogP contribution in [0.25, 0.3) is 0 Å². The second-order valence-electron chi connectivity index (χ2n) is 5.53. The second kappa shape index (κ2) is 7.29. The van der Waals surface area contributed by atoms with E-state index >= 15 is 0 Å². The van der Waals surface area contributed by atoms with Crippen LogP contribution in [-0.4, -0.2) is 23.3 Å². The number of aliphatic hydroxyl groups is 1. The molecular weight excluding hydrogens is 198 g/mol. The lowest BCUT2D eigenvalue weighted by Gasteiger charge is -2.31. The first-order valence-corrected chi connectivity index (χ1v) is 7.09. The van der Waals surface area contributed by atoms with Gasteiger partial charge in [0.15, 0.2) is 0 Å². The van der Waals surface area contributed by atoms with Crippen molar-refractivity contribution in [2.75, 3.05) is 0 Å². The summed E-state index contributed by atoms with van der Waals surface area (Å²) in [4.78, 5) is 0. The van der Waals surface area contributed by atoms with Crippen LogP contribution in [0, 0.1) is 5.92 Å². The molecule has 2 nitrogen and oxygen atoms in total. The van der Waals surface area contributed by atoms with Crippen LogP contribution in [-0.2, 0) is 0 Å². The summed E-state index contributed by atoms with van der Waals surface area (Å²) in [7, 11) is 0. The molecule has 0 saturated heterocycles. The molecule has 0 aromatic carbocycles. The van der Waals surface area contributed by atoms with Gasteiger partial charge in [0.2, 0.25) is 0 Å². The van der Waals surface area contributed by atoms with Gasteiger partial charge in [0, 0.05) is 12.1 Å². The molecular formula is C14H29NO. The van der Waals surface area contributed by atoms with E-state index in [1.54, 1.807) is 0 Å². The SMILES string of the molecule is CCC(C)CC(CC)NC1CCC(O)CC1. The van der Waals surface area contributed by atoms with E-state index in [0.29, 0.717) is 12.1 Å². The first-order valence-electron chi connectivity index (χ1n) is 7.09. The third kappa shape index (κ3) is 4.84. The molecule has 96 valence electrons. The van der Waals surface area contributed by atoms with Crippen LogP contribution >= 0.6 is 0 Å². The van der Waals surface area contributed by atoms with Crippen molar-refractivity contribution in [2.45, 2.75) is 83.9 Å². The molecule has 16 heavy (non-hydrogen) atoms. The van der Waals surface area contributed by atoms with E-state index in [0.717, 1.165) is 31.6 Å². The predicted octanol–water partition coefficient (Wildman–Crippen LogP) is 3.09. The van der Waals surface area contributed by atoms with Crippen molar-refractivity contribution in [3.05, 3.63) is 0 Å². The molecule has 0 radical (unpaired) electrons. The van der Waals surface area contributed by atoms with Gasteiger partial charge in [-0.3, -0.25) is 0 Å². The Morgan fingerprint density at radius 2 is 1.75 bits per heavy atom. The summed E-state index contributed by atoms with van der Waals surface area (Å²) in [5.41, 5.74) is 0. The molecule has 2 heteroatoms. The maximum atomic E-state index is 9.47. The molecule has 1 aliphatic rings. The number of rotatable bonds is 6. The Morgan fingerprint density at radius 3 is 2.25 bits per heavy atom. The largest absolute Gasteiger partial charge is 0.393 e. The number of hydrogen-bond donors (Lipinski definition) is 2. The zero-order valence-corrected chi connectivity index (χ0v) is 11.2. The molecule has 0 amide bonds. The van der Waals surface area contributed by atoms with Crippen molar-refractivity contribution in [2.24, 2.45) is 5.92 Å². The van der Waals surface area contributed by atoms with E-state index in [-0.39, 0.29) is 6.10 Å². The van der Waals surface area contributed by atoms with Gasteiger partial charge in [0.1, 0.15) is 0 Å². The fourth-order valence-electron chi connectivity index (χ4n) is 2.58. The Kier molecular flexibility index (Phi) is 6.37. The maximum Gasteiger partial charge on any atom is 0.0541 e. The fraction of sp³-hybridized carbons (Fsp3) is 1.00. The Balaban J connectivity index is 2.27. The highest BCUT2D eigenvalue weighted by atomic mass is 16.3. The minimum absolute atomic E-state index is 0.0345. The summed E-state index contributed by atoms with van der Waals surface area (Å²) >= 11 is 0. The highest BCUT2D eigenvalue weighted by molar-refractivity contribution is 4.80. The van der Waals surface area contributed by atoms with Gasteiger partial charge in [-0.05, 0) is 44.4 Å². The molecule has 2 unspecified atom stereocenters. The minimum atomic E-state index is -0.0345. The molecule has 0 bridgehead atoms. The zero-order valence-electron chi connectivity index (χ0n) is 11.2. The standard InChI is InChI=1S/C14H29NO/c1-4-11(3)10-12(5-2)15-13-6-8-14(16)9-7-13/h11-16H,4-10H2,1-3H3. The van der Waals surface area contributed by atoms with E-state index < -0.39 is 0 Å². The summed E-state index contributed by atoms with van der Waals surface area (Å²) in [6.45, 7) is 6.89. The Labute approximate surface area is 101 Å². The molecule has 0 heterocycles. The maximum absolute atomic E-state index is 9.47. The van der Waals surface area contributed by atoms with Gasteiger partial charge in [-0.1, -0.05) is 27.2 Å². The number of hydrogen-bond acceptors (Lipinski definition) is 2. The molecule has 1 fully saturated rings. The van der Waals surface area contributed by atoms with Crippen LogP contribution in [0.2, 0.25) is 0 Å². The van der Waals surface area contributed by atoms with Gasteiger partial charge < -0.3 is 10.4 Å². The van der Waals surface area contributed by atoms with Crippen molar-refractivity contribution >= 4 is 0 Å².